The number of amides is 1. The van der Waals surface area contributed by atoms with E-state index in [2.05, 4.69) is 6.92 Å². The van der Waals surface area contributed by atoms with Crippen LogP contribution in [0.15, 0.2) is 63.6 Å². The summed E-state index contributed by atoms with van der Waals surface area (Å²) in [5, 5.41) is 0. The van der Waals surface area contributed by atoms with Crippen molar-refractivity contribution in [2.45, 2.75) is 32.4 Å². The second kappa shape index (κ2) is 8.47. The fourth-order valence-corrected chi connectivity index (χ4v) is 3.32. The van der Waals surface area contributed by atoms with Gasteiger partial charge < -0.3 is 23.2 Å². The molecule has 1 amide bonds. The summed E-state index contributed by atoms with van der Waals surface area (Å²) in [6, 6.07) is 14.8. The van der Waals surface area contributed by atoms with Crippen molar-refractivity contribution in [1.29, 1.82) is 0 Å². The van der Waals surface area contributed by atoms with E-state index in [9.17, 15) is 4.79 Å². The lowest BCUT2D eigenvalue weighted by atomic mass is 10.3. The molecule has 29 heavy (non-hydrogen) atoms. The summed E-state index contributed by atoms with van der Waals surface area (Å²) in [5.74, 6) is 4.88. The van der Waals surface area contributed by atoms with Crippen molar-refractivity contribution in [3.05, 3.63) is 72.1 Å². The highest BCUT2D eigenvalue weighted by Crippen LogP contribution is 2.47. The van der Waals surface area contributed by atoms with Crippen LogP contribution >= 0.6 is 0 Å². The molecule has 152 valence electrons. The lowest BCUT2D eigenvalue weighted by Gasteiger charge is -2.21. The summed E-state index contributed by atoms with van der Waals surface area (Å²) in [4.78, 5) is 14.6. The predicted molar refractivity (Wildman–Crippen MR) is 107 cm³/mol. The number of ether oxygens (including phenoxy) is 2. The molecule has 1 aliphatic rings. The Balaban J connectivity index is 1.41. The van der Waals surface area contributed by atoms with Gasteiger partial charge in [0.15, 0.2) is 6.61 Å². The first kappa shape index (κ1) is 19.2. The van der Waals surface area contributed by atoms with Crippen LogP contribution in [-0.4, -0.2) is 24.5 Å². The number of rotatable bonds is 9. The lowest BCUT2D eigenvalue weighted by molar-refractivity contribution is -0.135. The normalized spacial score (nSPS) is 17.7. The first-order valence-corrected chi connectivity index (χ1v) is 9.78. The van der Waals surface area contributed by atoms with E-state index >= 15 is 0 Å². The van der Waals surface area contributed by atoms with Crippen molar-refractivity contribution in [2.24, 2.45) is 5.92 Å². The zero-order chi connectivity index (χ0) is 20.2. The summed E-state index contributed by atoms with van der Waals surface area (Å²) in [6.45, 7) is 2.87. The molecule has 0 bridgehead atoms. The van der Waals surface area contributed by atoms with Crippen molar-refractivity contribution in [1.82, 2.24) is 4.90 Å². The Morgan fingerprint density at radius 3 is 2.45 bits per heavy atom. The summed E-state index contributed by atoms with van der Waals surface area (Å²) < 4.78 is 22.2. The Labute approximate surface area is 170 Å². The maximum atomic E-state index is 12.9. The van der Waals surface area contributed by atoms with E-state index in [4.69, 9.17) is 18.3 Å². The van der Waals surface area contributed by atoms with Crippen molar-refractivity contribution in [3.63, 3.8) is 0 Å². The molecule has 6 heteroatoms. The minimum atomic E-state index is -0.144. The highest BCUT2D eigenvalue weighted by molar-refractivity contribution is 5.77. The molecule has 3 aromatic rings. The Bertz CT molecular complexity index is 929. The second-order valence-corrected chi connectivity index (χ2v) is 7.42. The third-order valence-electron chi connectivity index (χ3n) is 5.21. The number of benzene rings is 1. The number of furan rings is 2. The molecule has 0 spiro atoms. The minimum absolute atomic E-state index is 0.0692. The Morgan fingerprint density at radius 2 is 1.79 bits per heavy atom. The van der Waals surface area contributed by atoms with Crippen LogP contribution in [-0.2, 0) is 17.9 Å². The molecular weight excluding hydrogens is 370 g/mol. The molecule has 2 unspecified atom stereocenters. The van der Waals surface area contributed by atoms with Crippen LogP contribution in [0, 0.1) is 5.92 Å². The third-order valence-corrected chi connectivity index (χ3v) is 5.21. The van der Waals surface area contributed by atoms with Crippen LogP contribution in [0.4, 0.5) is 0 Å². The van der Waals surface area contributed by atoms with E-state index in [1.807, 2.05) is 24.3 Å². The maximum Gasteiger partial charge on any atom is 0.261 e. The first-order chi connectivity index (χ1) is 14.1. The van der Waals surface area contributed by atoms with Gasteiger partial charge in [0.25, 0.3) is 5.91 Å². The average molecular weight is 395 g/mol. The van der Waals surface area contributed by atoms with E-state index in [-0.39, 0.29) is 12.5 Å². The smallest absolute Gasteiger partial charge is 0.261 e. The van der Waals surface area contributed by atoms with Crippen LogP contribution in [0.5, 0.6) is 11.5 Å². The zero-order valence-electron chi connectivity index (χ0n) is 16.7. The van der Waals surface area contributed by atoms with Gasteiger partial charge in [-0.15, -0.1) is 0 Å². The molecule has 0 aliphatic heterocycles. The summed E-state index contributed by atoms with van der Waals surface area (Å²) in [7, 11) is 1.61. The largest absolute Gasteiger partial charge is 0.497 e. The van der Waals surface area contributed by atoms with E-state index in [0.29, 0.717) is 36.4 Å². The number of methoxy groups -OCH3 is 1. The monoisotopic (exact) mass is 395 g/mol. The quantitative estimate of drug-likeness (QED) is 0.529. The molecule has 2 aromatic heterocycles. The van der Waals surface area contributed by atoms with Gasteiger partial charge in [-0.2, -0.15) is 0 Å². The van der Waals surface area contributed by atoms with E-state index in [1.165, 1.54) is 0 Å². The van der Waals surface area contributed by atoms with Gasteiger partial charge in [-0.3, -0.25) is 4.79 Å². The number of carbonyl (C=O) groups excluding carboxylic acids is 1. The first-order valence-electron chi connectivity index (χ1n) is 9.78. The van der Waals surface area contributed by atoms with Crippen molar-refractivity contribution >= 4 is 5.91 Å². The third kappa shape index (κ3) is 4.83. The summed E-state index contributed by atoms with van der Waals surface area (Å²) in [6.07, 6.45) is 2.77. The van der Waals surface area contributed by atoms with E-state index in [0.717, 1.165) is 23.7 Å². The minimum Gasteiger partial charge on any atom is -0.497 e. The zero-order valence-corrected chi connectivity index (χ0v) is 16.7. The van der Waals surface area contributed by atoms with Crippen LogP contribution in [0.25, 0.3) is 0 Å². The molecule has 1 aromatic carbocycles. The topological polar surface area (TPSA) is 65.1 Å². The molecule has 2 atom stereocenters. The second-order valence-electron chi connectivity index (χ2n) is 7.42. The van der Waals surface area contributed by atoms with Crippen LogP contribution in [0.2, 0.25) is 0 Å². The molecule has 0 N–H and O–H groups in total. The van der Waals surface area contributed by atoms with Gasteiger partial charge in [0.05, 0.1) is 26.5 Å². The summed E-state index contributed by atoms with van der Waals surface area (Å²) >= 11 is 0. The van der Waals surface area contributed by atoms with Crippen molar-refractivity contribution in [3.8, 4) is 11.5 Å². The molecule has 2 heterocycles. The Kier molecular flexibility index (Phi) is 5.60. The van der Waals surface area contributed by atoms with Gasteiger partial charge >= 0.3 is 0 Å². The molecular formula is C23H25NO5. The fourth-order valence-electron chi connectivity index (χ4n) is 3.32. The molecule has 0 saturated heterocycles. The molecule has 0 radical (unpaired) electrons. The van der Waals surface area contributed by atoms with Crippen LogP contribution < -0.4 is 9.47 Å². The van der Waals surface area contributed by atoms with Gasteiger partial charge in [0, 0.05) is 5.92 Å². The van der Waals surface area contributed by atoms with Gasteiger partial charge in [-0.05, 0) is 60.9 Å². The molecule has 4 rings (SSSR count). The van der Waals surface area contributed by atoms with Gasteiger partial charge in [-0.1, -0.05) is 6.92 Å². The SMILES string of the molecule is COc1ccc(OCC(=O)N(Cc2ccco2)Cc2ccc(C3CC3C)o2)cc1. The van der Waals surface area contributed by atoms with E-state index in [1.54, 1.807) is 42.5 Å². The number of nitrogens with zero attached hydrogens (tertiary/aromatic N) is 1. The highest BCUT2D eigenvalue weighted by atomic mass is 16.5. The van der Waals surface area contributed by atoms with Gasteiger partial charge in [-0.25, -0.2) is 0 Å². The Morgan fingerprint density at radius 1 is 1.07 bits per heavy atom. The number of hydrogen-bond donors (Lipinski definition) is 0. The molecule has 1 aliphatic carbocycles. The van der Waals surface area contributed by atoms with Gasteiger partial charge in [0.1, 0.15) is 28.8 Å². The standard InChI is InChI=1S/C23H25NO5/c1-16-12-21(16)22-10-9-20(29-22)14-24(13-19-4-3-11-27-19)23(25)15-28-18-7-5-17(26-2)6-8-18/h3-11,16,21H,12-15H2,1-2H3. The lowest BCUT2D eigenvalue weighted by Crippen LogP contribution is -2.33. The fraction of sp³-hybridized carbons (Fsp3) is 0.348. The van der Waals surface area contributed by atoms with Crippen LogP contribution in [0.3, 0.4) is 0 Å². The summed E-state index contributed by atoms with van der Waals surface area (Å²) in [5.41, 5.74) is 0. The molecule has 1 fully saturated rings. The molecule has 6 nitrogen and oxygen atoms in total. The average Bonchev–Trinajstić information content (AvgIpc) is 3.13. The Hall–Kier alpha value is -3.15. The van der Waals surface area contributed by atoms with E-state index < -0.39 is 0 Å². The highest BCUT2D eigenvalue weighted by Gasteiger charge is 2.36. The maximum absolute atomic E-state index is 12.9. The molecule has 1 saturated carbocycles. The number of hydrogen-bond acceptors (Lipinski definition) is 5. The van der Waals surface area contributed by atoms with Crippen molar-refractivity contribution in [2.75, 3.05) is 13.7 Å². The predicted octanol–water partition coefficient (Wildman–Crippen LogP) is 4.61. The van der Waals surface area contributed by atoms with Gasteiger partial charge in [0.2, 0.25) is 0 Å². The van der Waals surface area contributed by atoms with Crippen LogP contribution in [0.1, 0.15) is 36.5 Å². The van der Waals surface area contributed by atoms with Crippen molar-refractivity contribution < 1.29 is 23.1 Å². The number of carbonyl (C=O) groups is 1.